The Bertz CT molecular complexity index is 336. The van der Waals surface area contributed by atoms with E-state index in [-0.39, 0.29) is 19.0 Å². The van der Waals surface area contributed by atoms with Crippen molar-refractivity contribution in [2.45, 2.75) is 39.9 Å². The van der Waals surface area contributed by atoms with Gasteiger partial charge in [-0.15, -0.1) is 0 Å². The summed E-state index contributed by atoms with van der Waals surface area (Å²) in [5.41, 5.74) is 0. The van der Waals surface area contributed by atoms with E-state index in [4.69, 9.17) is 18.5 Å². The molecular formula is C13H30O6P2. The fraction of sp³-hybridized carbons (Fsp3) is 1.00. The number of rotatable bonds is 12. The van der Waals surface area contributed by atoms with Crippen molar-refractivity contribution in [1.29, 1.82) is 0 Å². The van der Waals surface area contributed by atoms with Crippen molar-refractivity contribution >= 4 is 14.7 Å². The molecule has 0 radical (unpaired) electrons. The van der Waals surface area contributed by atoms with Gasteiger partial charge in [0.2, 0.25) is 14.7 Å². The molecule has 0 aromatic rings. The van der Waals surface area contributed by atoms with E-state index in [2.05, 4.69) is 0 Å². The van der Waals surface area contributed by atoms with E-state index >= 15 is 0 Å². The lowest BCUT2D eigenvalue weighted by molar-refractivity contribution is -0.0441. The van der Waals surface area contributed by atoms with Crippen molar-refractivity contribution in [2.24, 2.45) is 0 Å². The molecule has 0 aliphatic rings. The van der Waals surface area contributed by atoms with E-state index in [0.717, 1.165) is 0 Å². The van der Waals surface area contributed by atoms with Gasteiger partial charge in [0.05, 0.1) is 25.4 Å². The topological polar surface area (TPSA) is 71.1 Å². The summed E-state index contributed by atoms with van der Waals surface area (Å²) in [5, 5.41) is 0. The van der Waals surface area contributed by atoms with E-state index in [1.165, 1.54) is 0 Å². The second kappa shape index (κ2) is 10.1. The molecule has 0 aliphatic heterocycles. The molecule has 0 N–H and O–H groups in total. The molecule has 2 atom stereocenters. The Labute approximate surface area is 128 Å². The molecule has 6 nitrogen and oxygen atoms in total. The first kappa shape index (κ1) is 21.3. The van der Waals surface area contributed by atoms with Crippen LogP contribution in [0, 0.1) is 0 Å². The van der Waals surface area contributed by atoms with Gasteiger partial charge in [-0.05, 0) is 27.7 Å². The minimum atomic E-state index is -2.59. The maximum atomic E-state index is 12.0. The third-order valence-corrected chi connectivity index (χ3v) is 6.04. The molecule has 0 heterocycles. The Morgan fingerprint density at radius 1 is 0.762 bits per heavy atom. The summed E-state index contributed by atoms with van der Waals surface area (Å²) in [4.78, 5) is 0. The fourth-order valence-corrected chi connectivity index (χ4v) is 4.55. The van der Waals surface area contributed by atoms with Crippen LogP contribution in [-0.4, -0.2) is 57.9 Å². The zero-order valence-corrected chi connectivity index (χ0v) is 15.8. The summed E-state index contributed by atoms with van der Waals surface area (Å²) in [6.07, 6.45) is 0.600. The van der Waals surface area contributed by atoms with Gasteiger partial charge < -0.3 is 18.5 Å². The van der Waals surface area contributed by atoms with Gasteiger partial charge in [-0.3, -0.25) is 9.13 Å². The SMILES string of the molecule is CC(C)OP(C)(=O)CCOCOCCP(C)(=O)OC(C)C. The van der Waals surface area contributed by atoms with Crippen molar-refractivity contribution in [3.8, 4) is 0 Å². The highest BCUT2D eigenvalue weighted by Crippen LogP contribution is 2.44. The first-order valence-corrected chi connectivity index (χ1v) is 11.7. The second-order valence-electron chi connectivity index (χ2n) is 5.72. The lowest BCUT2D eigenvalue weighted by atomic mass is 10.5. The van der Waals surface area contributed by atoms with Gasteiger partial charge in [-0.2, -0.15) is 0 Å². The maximum Gasteiger partial charge on any atom is 0.202 e. The molecule has 21 heavy (non-hydrogen) atoms. The van der Waals surface area contributed by atoms with Crippen LogP contribution in [0.4, 0.5) is 0 Å². The predicted octanol–water partition coefficient (Wildman–Crippen LogP) is 3.64. The van der Waals surface area contributed by atoms with Gasteiger partial charge in [-0.25, -0.2) is 0 Å². The van der Waals surface area contributed by atoms with Crippen molar-refractivity contribution < 1.29 is 27.7 Å². The molecule has 0 rings (SSSR count). The molecule has 0 saturated heterocycles. The van der Waals surface area contributed by atoms with Crippen LogP contribution in [0.15, 0.2) is 0 Å². The van der Waals surface area contributed by atoms with Crippen molar-refractivity contribution in [1.82, 2.24) is 0 Å². The normalized spacial score (nSPS) is 17.9. The highest BCUT2D eigenvalue weighted by molar-refractivity contribution is 7.58. The van der Waals surface area contributed by atoms with Crippen LogP contribution >= 0.6 is 14.7 Å². The van der Waals surface area contributed by atoms with Gasteiger partial charge in [-0.1, -0.05) is 0 Å². The number of hydrogen-bond acceptors (Lipinski definition) is 6. The zero-order valence-electron chi connectivity index (χ0n) is 14.0. The average Bonchev–Trinajstić information content (AvgIpc) is 2.23. The summed E-state index contributed by atoms with van der Waals surface area (Å²) in [6, 6.07) is 0. The molecule has 0 spiro atoms. The lowest BCUT2D eigenvalue weighted by Gasteiger charge is -2.17. The van der Waals surface area contributed by atoms with Crippen LogP contribution in [0.2, 0.25) is 0 Å². The zero-order chi connectivity index (χ0) is 16.5. The fourth-order valence-electron chi connectivity index (χ4n) is 1.63. The summed E-state index contributed by atoms with van der Waals surface area (Å²) >= 11 is 0. The lowest BCUT2D eigenvalue weighted by Crippen LogP contribution is -2.11. The molecular weight excluding hydrogens is 314 g/mol. The predicted molar refractivity (Wildman–Crippen MR) is 86.0 cm³/mol. The van der Waals surface area contributed by atoms with Crippen LogP contribution in [0.1, 0.15) is 27.7 Å². The molecule has 8 heteroatoms. The van der Waals surface area contributed by atoms with Crippen LogP contribution in [0.5, 0.6) is 0 Å². The third kappa shape index (κ3) is 13.7. The Balaban J connectivity index is 3.65. The van der Waals surface area contributed by atoms with Crippen molar-refractivity contribution in [2.75, 3.05) is 45.7 Å². The van der Waals surface area contributed by atoms with Gasteiger partial charge in [0.25, 0.3) is 0 Å². The minimum absolute atomic E-state index is 0.0586. The molecule has 0 aromatic carbocycles. The highest BCUT2D eigenvalue weighted by Gasteiger charge is 2.18. The van der Waals surface area contributed by atoms with Gasteiger partial charge >= 0.3 is 0 Å². The minimum Gasteiger partial charge on any atom is -0.355 e. The van der Waals surface area contributed by atoms with Crippen molar-refractivity contribution in [3.63, 3.8) is 0 Å². The van der Waals surface area contributed by atoms with Gasteiger partial charge in [0, 0.05) is 25.7 Å². The molecule has 2 unspecified atom stereocenters. The largest absolute Gasteiger partial charge is 0.355 e. The Morgan fingerprint density at radius 3 is 1.38 bits per heavy atom. The second-order valence-corrected chi connectivity index (χ2v) is 11.1. The van der Waals surface area contributed by atoms with Crippen LogP contribution in [0.25, 0.3) is 0 Å². The van der Waals surface area contributed by atoms with Gasteiger partial charge in [0.1, 0.15) is 6.79 Å². The van der Waals surface area contributed by atoms with E-state index in [0.29, 0.717) is 25.5 Å². The first-order valence-electron chi connectivity index (χ1n) is 7.19. The molecule has 0 amide bonds. The molecule has 0 fully saturated rings. The highest BCUT2D eigenvalue weighted by atomic mass is 31.2. The van der Waals surface area contributed by atoms with Crippen LogP contribution < -0.4 is 0 Å². The Morgan fingerprint density at radius 2 is 1.10 bits per heavy atom. The number of hydrogen-bond donors (Lipinski definition) is 0. The monoisotopic (exact) mass is 344 g/mol. The molecule has 128 valence electrons. The van der Waals surface area contributed by atoms with Crippen molar-refractivity contribution in [3.05, 3.63) is 0 Å². The third-order valence-electron chi connectivity index (χ3n) is 2.32. The summed E-state index contributed by atoms with van der Waals surface area (Å²) in [7, 11) is -5.18. The summed E-state index contributed by atoms with van der Waals surface area (Å²) < 4.78 is 45.0. The van der Waals surface area contributed by atoms with E-state index in [1.54, 1.807) is 13.3 Å². The summed E-state index contributed by atoms with van der Waals surface area (Å²) in [5.74, 6) is 0. The van der Waals surface area contributed by atoms with E-state index in [1.807, 2.05) is 27.7 Å². The average molecular weight is 344 g/mol. The molecule has 0 saturated carbocycles. The molecule has 0 aromatic heterocycles. The standard InChI is InChI=1S/C13H30O6P2/c1-12(2)18-20(5,14)9-7-16-11-17-8-10-21(6,15)19-13(3)4/h12-13H,7-11H2,1-6H3. The van der Waals surface area contributed by atoms with Crippen LogP contribution in [0.3, 0.4) is 0 Å². The number of ether oxygens (including phenoxy) is 2. The van der Waals surface area contributed by atoms with Gasteiger partial charge in [0.15, 0.2) is 0 Å². The maximum absolute atomic E-state index is 12.0. The Kier molecular flexibility index (Phi) is 10.3. The molecule has 0 aliphatic carbocycles. The first-order chi connectivity index (χ1) is 9.54. The van der Waals surface area contributed by atoms with E-state index < -0.39 is 14.7 Å². The summed E-state index contributed by atoms with van der Waals surface area (Å²) in [6.45, 7) is 11.3. The Hall–Kier alpha value is 0.300. The molecule has 0 bridgehead atoms. The van der Waals surface area contributed by atoms with E-state index in [9.17, 15) is 9.13 Å². The quantitative estimate of drug-likeness (QED) is 0.306. The smallest absolute Gasteiger partial charge is 0.202 e. The van der Waals surface area contributed by atoms with Crippen LogP contribution in [-0.2, 0) is 27.7 Å².